The summed E-state index contributed by atoms with van der Waals surface area (Å²) in [6, 6.07) is -0.649. The Morgan fingerprint density at radius 1 is 1.50 bits per heavy atom. The molecule has 0 aromatic carbocycles. The second-order valence-electron chi connectivity index (χ2n) is 3.28. The predicted octanol–water partition coefficient (Wildman–Crippen LogP) is 0.645. The average molecular weight is 226 g/mol. The van der Waals surface area contributed by atoms with Crippen LogP contribution in [0.15, 0.2) is 25.0 Å². The summed E-state index contributed by atoms with van der Waals surface area (Å²) in [6.45, 7) is 8.44. The summed E-state index contributed by atoms with van der Waals surface area (Å²) in [5.74, 6) is -0.700. The van der Waals surface area contributed by atoms with Gasteiger partial charge in [0.15, 0.2) is 0 Å². The number of hydrogen-bond acceptors (Lipinski definition) is 3. The molecule has 0 aliphatic carbocycles. The van der Waals surface area contributed by atoms with E-state index in [1.165, 1.54) is 0 Å². The van der Waals surface area contributed by atoms with Crippen LogP contribution in [0.25, 0.3) is 0 Å². The van der Waals surface area contributed by atoms with Crippen molar-refractivity contribution >= 4 is 11.8 Å². The van der Waals surface area contributed by atoms with Gasteiger partial charge in [-0.1, -0.05) is 19.6 Å². The summed E-state index contributed by atoms with van der Waals surface area (Å²) in [7, 11) is 0. The highest BCUT2D eigenvalue weighted by Crippen LogP contribution is 1.95. The maximum absolute atomic E-state index is 11.6. The Labute approximate surface area is 95.2 Å². The molecule has 0 aromatic rings. The molecule has 0 bridgehead atoms. The fourth-order valence-electron chi connectivity index (χ4n) is 1.01. The van der Waals surface area contributed by atoms with Crippen molar-refractivity contribution in [3.05, 3.63) is 25.0 Å². The molecular weight excluding hydrogens is 208 g/mol. The van der Waals surface area contributed by atoms with E-state index in [4.69, 9.17) is 5.11 Å². The quantitative estimate of drug-likeness (QED) is 0.440. The van der Waals surface area contributed by atoms with E-state index in [0.29, 0.717) is 12.8 Å². The summed E-state index contributed by atoms with van der Waals surface area (Å²) >= 11 is 0. The number of nitrogens with one attached hydrogen (secondary N) is 2. The lowest BCUT2D eigenvalue weighted by Crippen LogP contribution is -2.46. The molecule has 1 atom stereocenters. The summed E-state index contributed by atoms with van der Waals surface area (Å²) < 4.78 is 0. The van der Waals surface area contributed by atoms with Crippen LogP contribution in [-0.2, 0) is 9.59 Å². The SMILES string of the molecule is C=CCC(NC(=O)CC)C(=O)NCC(=C)O. The molecule has 0 aliphatic heterocycles. The minimum absolute atomic E-state index is 0.0194. The van der Waals surface area contributed by atoms with E-state index in [2.05, 4.69) is 23.8 Å². The summed E-state index contributed by atoms with van der Waals surface area (Å²) in [5.41, 5.74) is 0. The van der Waals surface area contributed by atoms with Crippen LogP contribution in [0.3, 0.4) is 0 Å². The van der Waals surface area contributed by atoms with Gasteiger partial charge in [-0.25, -0.2) is 0 Å². The molecule has 3 N–H and O–H groups in total. The van der Waals surface area contributed by atoms with Gasteiger partial charge in [-0.3, -0.25) is 9.59 Å². The number of aliphatic hydroxyl groups excluding tert-OH is 1. The Morgan fingerprint density at radius 2 is 2.12 bits per heavy atom. The van der Waals surface area contributed by atoms with Crippen LogP contribution in [0, 0.1) is 0 Å². The third-order valence-corrected chi connectivity index (χ3v) is 1.84. The van der Waals surface area contributed by atoms with Crippen molar-refractivity contribution in [3.8, 4) is 0 Å². The monoisotopic (exact) mass is 226 g/mol. The zero-order valence-electron chi connectivity index (χ0n) is 9.45. The molecule has 0 radical (unpaired) electrons. The first-order valence-corrected chi connectivity index (χ1v) is 5.06. The molecule has 5 heteroatoms. The van der Waals surface area contributed by atoms with Crippen molar-refractivity contribution in [1.29, 1.82) is 0 Å². The molecule has 0 saturated carbocycles. The first-order chi connectivity index (χ1) is 7.51. The average Bonchev–Trinajstić information content (AvgIpc) is 2.24. The van der Waals surface area contributed by atoms with E-state index in [1.54, 1.807) is 13.0 Å². The Balaban J connectivity index is 4.28. The van der Waals surface area contributed by atoms with Crippen LogP contribution in [0.2, 0.25) is 0 Å². The normalized spacial score (nSPS) is 11.3. The maximum Gasteiger partial charge on any atom is 0.243 e. The largest absolute Gasteiger partial charge is 0.511 e. The van der Waals surface area contributed by atoms with Crippen LogP contribution in [0.1, 0.15) is 19.8 Å². The predicted molar refractivity (Wildman–Crippen MR) is 61.8 cm³/mol. The molecule has 16 heavy (non-hydrogen) atoms. The lowest BCUT2D eigenvalue weighted by Gasteiger charge is -2.16. The molecule has 0 aromatic heterocycles. The van der Waals surface area contributed by atoms with E-state index < -0.39 is 6.04 Å². The third-order valence-electron chi connectivity index (χ3n) is 1.84. The number of hydrogen-bond donors (Lipinski definition) is 3. The minimum Gasteiger partial charge on any atom is -0.511 e. The fourth-order valence-corrected chi connectivity index (χ4v) is 1.01. The molecule has 0 saturated heterocycles. The van der Waals surface area contributed by atoms with E-state index in [1.807, 2.05) is 0 Å². The first kappa shape index (κ1) is 14.2. The highest BCUT2D eigenvalue weighted by atomic mass is 16.3. The number of carbonyl (C=O) groups is 2. The molecule has 0 rings (SSSR count). The number of carbonyl (C=O) groups excluding carboxylic acids is 2. The second kappa shape index (κ2) is 7.50. The molecule has 0 heterocycles. The van der Waals surface area contributed by atoms with Gasteiger partial charge in [0.25, 0.3) is 0 Å². The summed E-state index contributed by atoms with van der Waals surface area (Å²) in [4.78, 5) is 22.7. The number of aliphatic hydroxyl groups is 1. The Kier molecular flexibility index (Phi) is 6.67. The smallest absolute Gasteiger partial charge is 0.243 e. The van der Waals surface area contributed by atoms with Crippen molar-refractivity contribution in [1.82, 2.24) is 10.6 Å². The topological polar surface area (TPSA) is 78.4 Å². The molecular formula is C11H18N2O3. The van der Waals surface area contributed by atoms with Gasteiger partial charge in [0.05, 0.1) is 6.54 Å². The van der Waals surface area contributed by atoms with Crippen molar-refractivity contribution in [2.24, 2.45) is 0 Å². The summed E-state index contributed by atoms with van der Waals surface area (Å²) in [6.07, 6.45) is 2.21. The highest BCUT2D eigenvalue weighted by molar-refractivity contribution is 5.87. The Morgan fingerprint density at radius 3 is 2.56 bits per heavy atom. The number of amides is 2. The van der Waals surface area contributed by atoms with E-state index in [-0.39, 0.29) is 24.1 Å². The van der Waals surface area contributed by atoms with Crippen molar-refractivity contribution in [2.75, 3.05) is 6.54 Å². The molecule has 90 valence electrons. The zero-order chi connectivity index (χ0) is 12.6. The van der Waals surface area contributed by atoms with E-state index in [0.717, 1.165) is 0 Å². The van der Waals surface area contributed by atoms with Gasteiger partial charge < -0.3 is 15.7 Å². The van der Waals surface area contributed by atoms with Crippen LogP contribution in [-0.4, -0.2) is 29.5 Å². The standard InChI is InChI=1S/C11H18N2O3/c1-4-6-9(13-10(15)5-2)11(16)12-7-8(3)14/h4,9,14H,1,3,5-7H2,2H3,(H,12,16)(H,13,15). The molecule has 0 fully saturated rings. The summed E-state index contributed by atoms with van der Waals surface area (Å²) in [5, 5.41) is 13.8. The van der Waals surface area contributed by atoms with Crippen LogP contribution < -0.4 is 10.6 Å². The van der Waals surface area contributed by atoms with Crippen LogP contribution in [0.5, 0.6) is 0 Å². The van der Waals surface area contributed by atoms with E-state index in [9.17, 15) is 9.59 Å². The molecule has 5 nitrogen and oxygen atoms in total. The fraction of sp³-hybridized carbons (Fsp3) is 0.455. The van der Waals surface area contributed by atoms with Crippen LogP contribution >= 0.6 is 0 Å². The van der Waals surface area contributed by atoms with Gasteiger partial charge in [0, 0.05) is 6.42 Å². The highest BCUT2D eigenvalue weighted by Gasteiger charge is 2.18. The van der Waals surface area contributed by atoms with Crippen molar-refractivity contribution in [2.45, 2.75) is 25.8 Å². The first-order valence-electron chi connectivity index (χ1n) is 5.06. The Bertz CT molecular complexity index is 287. The molecule has 0 aliphatic rings. The number of rotatable bonds is 7. The molecule has 0 spiro atoms. The van der Waals surface area contributed by atoms with E-state index >= 15 is 0 Å². The van der Waals surface area contributed by atoms with Gasteiger partial charge in [0.2, 0.25) is 11.8 Å². The molecule has 1 unspecified atom stereocenters. The van der Waals surface area contributed by atoms with Gasteiger partial charge in [-0.2, -0.15) is 0 Å². The van der Waals surface area contributed by atoms with Gasteiger partial charge in [0.1, 0.15) is 11.8 Å². The third kappa shape index (κ3) is 5.85. The zero-order valence-corrected chi connectivity index (χ0v) is 9.45. The lowest BCUT2D eigenvalue weighted by molar-refractivity contribution is -0.128. The van der Waals surface area contributed by atoms with Gasteiger partial charge >= 0.3 is 0 Å². The molecule has 2 amide bonds. The van der Waals surface area contributed by atoms with Crippen molar-refractivity contribution < 1.29 is 14.7 Å². The maximum atomic E-state index is 11.6. The Hall–Kier alpha value is -1.78. The lowest BCUT2D eigenvalue weighted by atomic mass is 10.2. The second-order valence-corrected chi connectivity index (χ2v) is 3.28. The van der Waals surface area contributed by atoms with Crippen molar-refractivity contribution in [3.63, 3.8) is 0 Å². The van der Waals surface area contributed by atoms with Crippen LogP contribution in [0.4, 0.5) is 0 Å². The minimum atomic E-state index is -0.649. The van der Waals surface area contributed by atoms with Gasteiger partial charge in [-0.15, -0.1) is 6.58 Å². The van der Waals surface area contributed by atoms with Gasteiger partial charge in [-0.05, 0) is 6.42 Å².